The Balaban J connectivity index is 1.80. The van der Waals surface area contributed by atoms with Crippen molar-refractivity contribution < 1.29 is 19.4 Å². The van der Waals surface area contributed by atoms with Crippen LogP contribution in [-0.2, 0) is 20.7 Å². The van der Waals surface area contributed by atoms with E-state index >= 15 is 0 Å². The summed E-state index contributed by atoms with van der Waals surface area (Å²) in [6.07, 6.45) is 7.88. The van der Waals surface area contributed by atoms with Gasteiger partial charge >= 0.3 is 0 Å². The van der Waals surface area contributed by atoms with Crippen molar-refractivity contribution in [1.29, 1.82) is 0 Å². The summed E-state index contributed by atoms with van der Waals surface area (Å²) in [4.78, 5) is 26.6. The van der Waals surface area contributed by atoms with Crippen LogP contribution in [0, 0.1) is 0 Å². The Hall–Kier alpha value is -1.90. The number of amides is 2. The molecule has 4 atom stereocenters. The number of aliphatic hydroxyl groups is 1. The molecule has 0 aliphatic carbocycles. The number of nitrogens with zero attached hydrogens (tertiary/aromatic N) is 1. The molecule has 8 heteroatoms. The van der Waals surface area contributed by atoms with E-state index in [1.165, 1.54) is 35.9 Å². The second-order valence-electron chi connectivity index (χ2n) is 7.08. The van der Waals surface area contributed by atoms with E-state index in [1.54, 1.807) is 11.2 Å². The number of hydrogen-bond donors (Lipinski definition) is 2. The summed E-state index contributed by atoms with van der Waals surface area (Å²) in [6.45, 7) is 0. The van der Waals surface area contributed by atoms with E-state index < -0.39 is 21.9 Å². The molecule has 1 aromatic carbocycles. The quantitative estimate of drug-likeness (QED) is 0.777. The molecule has 0 unspecified atom stereocenters. The molecule has 3 aliphatic rings. The molecule has 3 aliphatic heterocycles. The molecule has 28 heavy (non-hydrogen) atoms. The third-order valence-corrected chi connectivity index (χ3v) is 7.92. The van der Waals surface area contributed by atoms with Crippen molar-refractivity contribution in [2.45, 2.75) is 34.7 Å². The minimum Gasteiger partial charge on any atom is -0.473 e. The van der Waals surface area contributed by atoms with Crippen molar-refractivity contribution in [3.05, 3.63) is 60.1 Å². The van der Waals surface area contributed by atoms with Crippen molar-refractivity contribution in [3.63, 3.8) is 0 Å². The highest BCUT2D eigenvalue weighted by molar-refractivity contribution is 8.01. The molecule has 148 valence electrons. The summed E-state index contributed by atoms with van der Waals surface area (Å²) in [5, 5.41) is 13.7. The molecule has 0 spiro atoms. The Morgan fingerprint density at radius 1 is 1.25 bits per heavy atom. The first-order chi connectivity index (χ1) is 13.5. The zero-order valence-electron chi connectivity index (χ0n) is 15.6. The molecule has 0 saturated carbocycles. The Morgan fingerprint density at radius 3 is 2.68 bits per heavy atom. The molecule has 2 N–H and O–H groups in total. The highest BCUT2D eigenvalue weighted by atomic mass is 32.2. The summed E-state index contributed by atoms with van der Waals surface area (Å²) < 4.78 is 5.33. The van der Waals surface area contributed by atoms with Crippen LogP contribution in [0.15, 0.2) is 54.5 Å². The Morgan fingerprint density at radius 2 is 2.00 bits per heavy atom. The maximum absolute atomic E-state index is 13.9. The van der Waals surface area contributed by atoms with E-state index in [1.807, 2.05) is 42.8 Å². The van der Waals surface area contributed by atoms with Crippen LogP contribution in [0.4, 0.5) is 0 Å². The normalized spacial score (nSPS) is 34.1. The first-order valence-electron chi connectivity index (χ1n) is 8.97. The van der Waals surface area contributed by atoms with E-state index in [0.717, 1.165) is 11.1 Å². The van der Waals surface area contributed by atoms with Gasteiger partial charge in [-0.05, 0) is 29.7 Å². The summed E-state index contributed by atoms with van der Waals surface area (Å²) in [6, 6.07) is 9.02. The maximum Gasteiger partial charge on any atom is 0.261 e. The van der Waals surface area contributed by atoms with Crippen molar-refractivity contribution >= 4 is 35.3 Å². The summed E-state index contributed by atoms with van der Waals surface area (Å²) in [7, 11) is 0. The van der Waals surface area contributed by atoms with Crippen molar-refractivity contribution in [2.75, 3.05) is 12.5 Å². The zero-order valence-corrected chi connectivity index (χ0v) is 17.3. The van der Waals surface area contributed by atoms with Crippen molar-refractivity contribution in [3.8, 4) is 0 Å². The lowest BCUT2D eigenvalue weighted by Crippen LogP contribution is -2.74. The second-order valence-corrected chi connectivity index (χ2v) is 9.27. The largest absolute Gasteiger partial charge is 0.473 e. The zero-order chi connectivity index (χ0) is 19.9. The van der Waals surface area contributed by atoms with Gasteiger partial charge in [0.25, 0.3) is 11.8 Å². The van der Waals surface area contributed by atoms with E-state index in [9.17, 15) is 14.7 Å². The van der Waals surface area contributed by atoms with Gasteiger partial charge in [0.2, 0.25) is 0 Å². The highest BCUT2D eigenvalue weighted by Gasteiger charge is 2.65. The van der Waals surface area contributed by atoms with Crippen LogP contribution >= 0.6 is 23.5 Å². The summed E-state index contributed by atoms with van der Waals surface area (Å²) >= 11 is 2.64. The third-order valence-electron chi connectivity index (χ3n) is 5.60. The standard InChI is InChI=1S/C20H22N2O4S2/c1-27-19(10-13-6-4-3-5-7-13)18(25)22-16-14(12-26-9-8-15(16)23)11-20(22,28-2)17(24)21-19/h3-9,12,15-16,23H,10-11H2,1-2H3,(H,21,24)/t15-,16-,19+,20+/m0/s1. The minimum absolute atomic E-state index is 0.194. The number of carbonyl (C=O) groups is 2. The fourth-order valence-corrected chi connectivity index (χ4v) is 5.90. The van der Waals surface area contributed by atoms with Crippen LogP contribution in [0.3, 0.4) is 0 Å². The van der Waals surface area contributed by atoms with Crippen LogP contribution in [0.5, 0.6) is 0 Å². The SMILES string of the molecule is CS[C@@]1(Cc2ccccc2)NC(=O)[C@]2(SC)CC3=COC=C[C@H](O)[C@H]3N2C1=O. The maximum atomic E-state index is 13.9. The number of benzene rings is 1. The van der Waals surface area contributed by atoms with Crippen LogP contribution in [-0.4, -0.2) is 56.2 Å². The fraction of sp³-hybridized carbons (Fsp3) is 0.400. The fourth-order valence-electron chi connectivity index (χ4n) is 4.18. The van der Waals surface area contributed by atoms with Gasteiger partial charge in [0.05, 0.1) is 24.7 Å². The van der Waals surface area contributed by atoms with Gasteiger partial charge in [-0.1, -0.05) is 30.3 Å². The van der Waals surface area contributed by atoms with Gasteiger partial charge in [0, 0.05) is 12.8 Å². The predicted octanol–water partition coefficient (Wildman–Crippen LogP) is 1.87. The summed E-state index contributed by atoms with van der Waals surface area (Å²) in [5.41, 5.74) is 1.70. The number of ether oxygens (including phenoxy) is 1. The molecular weight excluding hydrogens is 396 g/mol. The van der Waals surface area contributed by atoms with Gasteiger partial charge in [-0.2, -0.15) is 0 Å². The monoisotopic (exact) mass is 418 g/mol. The number of hydrogen-bond acceptors (Lipinski definition) is 6. The topological polar surface area (TPSA) is 78.9 Å². The molecule has 2 saturated heterocycles. The first kappa shape index (κ1) is 19.4. The number of rotatable bonds is 4. The van der Waals surface area contributed by atoms with Gasteiger partial charge < -0.3 is 20.1 Å². The average Bonchev–Trinajstić information content (AvgIpc) is 2.96. The molecule has 6 nitrogen and oxygen atoms in total. The molecule has 1 aromatic rings. The van der Waals surface area contributed by atoms with Crippen LogP contribution in [0.2, 0.25) is 0 Å². The average molecular weight is 419 g/mol. The molecule has 0 bridgehead atoms. The molecule has 4 rings (SSSR count). The van der Waals surface area contributed by atoms with E-state index in [0.29, 0.717) is 12.8 Å². The number of aliphatic hydroxyl groups excluding tert-OH is 1. The van der Waals surface area contributed by atoms with E-state index in [-0.39, 0.29) is 11.8 Å². The lowest BCUT2D eigenvalue weighted by molar-refractivity contribution is -0.153. The minimum atomic E-state index is -1.12. The van der Waals surface area contributed by atoms with Crippen LogP contribution in [0.1, 0.15) is 12.0 Å². The number of nitrogens with one attached hydrogen (secondary N) is 1. The lowest BCUT2D eigenvalue weighted by Gasteiger charge is -2.50. The van der Waals surface area contributed by atoms with Gasteiger partial charge in [0.1, 0.15) is 0 Å². The molecule has 2 fully saturated rings. The Kier molecular flexibility index (Phi) is 4.97. The van der Waals surface area contributed by atoms with Gasteiger partial charge in [0.15, 0.2) is 9.74 Å². The lowest BCUT2D eigenvalue weighted by atomic mass is 9.99. The number of thioether (sulfide) groups is 2. The van der Waals surface area contributed by atoms with Crippen molar-refractivity contribution in [2.24, 2.45) is 0 Å². The molecule has 0 radical (unpaired) electrons. The number of piperazine rings is 1. The van der Waals surface area contributed by atoms with Gasteiger partial charge in [-0.3, -0.25) is 9.59 Å². The molecule has 3 heterocycles. The second kappa shape index (κ2) is 7.17. The Bertz CT molecular complexity index is 859. The first-order valence-corrected chi connectivity index (χ1v) is 11.4. The molecule has 0 aromatic heterocycles. The van der Waals surface area contributed by atoms with Crippen LogP contribution < -0.4 is 5.32 Å². The number of fused-ring (bicyclic) bond motifs is 3. The van der Waals surface area contributed by atoms with Gasteiger partial charge in [-0.15, -0.1) is 23.5 Å². The third kappa shape index (κ3) is 2.77. The summed E-state index contributed by atoms with van der Waals surface area (Å²) in [5.74, 6) is -0.407. The number of carbonyl (C=O) groups excluding carboxylic acids is 2. The predicted molar refractivity (Wildman–Crippen MR) is 110 cm³/mol. The smallest absolute Gasteiger partial charge is 0.261 e. The van der Waals surface area contributed by atoms with Crippen LogP contribution in [0.25, 0.3) is 0 Å². The van der Waals surface area contributed by atoms with E-state index in [2.05, 4.69) is 5.32 Å². The Labute approximate surface area is 172 Å². The highest BCUT2D eigenvalue weighted by Crippen LogP contribution is 2.51. The van der Waals surface area contributed by atoms with E-state index in [4.69, 9.17) is 4.74 Å². The van der Waals surface area contributed by atoms with Crippen molar-refractivity contribution in [1.82, 2.24) is 10.2 Å². The molecule has 2 amide bonds. The van der Waals surface area contributed by atoms with Gasteiger partial charge in [-0.25, -0.2) is 0 Å². The molecular formula is C20H22N2O4S2.